The van der Waals surface area contributed by atoms with Crippen LogP contribution >= 0.6 is 23.2 Å². The summed E-state index contributed by atoms with van der Waals surface area (Å²) in [5.74, 6) is 0.525. The highest BCUT2D eigenvalue weighted by atomic mass is 35.5. The Balaban J connectivity index is 1.70. The standard InChI is InChI=1S/C23H23Cl2NO3/c1-22(2)18(13-23(3,24)25)20(22)21(27)29-19(14-26)15-8-7-11-17(12-15)28-16-9-5-4-6-10-16/h4-12,18-20H,13H2,1-3H3/t18-,19?,20-/m0/s1. The number of alkyl halides is 2. The maximum Gasteiger partial charge on any atom is 0.311 e. The molecule has 1 unspecified atom stereocenters. The van der Waals surface area contributed by atoms with Crippen LogP contribution in [0.5, 0.6) is 11.5 Å². The molecule has 3 atom stereocenters. The lowest BCUT2D eigenvalue weighted by Gasteiger charge is -2.14. The van der Waals surface area contributed by atoms with Crippen LogP contribution in [0.4, 0.5) is 0 Å². The number of ether oxygens (including phenoxy) is 2. The Morgan fingerprint density at radius 2 is 1.83 bits per heavy atom. The zero-order chi connectivity index (χ0) is 21.2. The fraction of sp³-hybridized carbons (Fsp3) is 0.391. The minimum Gasteiger partial charge on any atom is -0.457 e. The van der Waals surface area contributed by atoms with E-state index in [-0.39, 0.29) is 17.3 Å². The second-order valence-electron chi connectivity index (χ2n) is 8.11. The lowest BCUT2D eigenvalue weighted by atomic mass is 10.1. The summed E-state index contributed by atoms with van der Waals surface area (Å²) >= 11 is 12.3. The number of rotatable bonds is 7. The first-order chi connectivity index (χ1) is 13.6. The highest BCUT2D eigenvalue weighted by Gasteiger charge is 2.63. The summed E-state index contributed by atoms with van der Waals surface area (Å²) in [6, 6.07) is 18.4. The molecule has 0 heterocycles. The Labute approximate surface area is 181 Å². The minimum absolute atomic E-state index is 0.0158. The molecule has 6 heteroatoms. The number of carbonyl (C=O) groups is 1. The Bertz CT molecular complexity index is 916. The summed E-state index contributed by atoms with van der Waals surface area (Å²) < 4.78 is 10.4. The van der Waals surface area contributed by atoms with Crippen molar-refractivity contribution in [2.75, 3.05) is 0 Å². The number of nitrogens with zero attached hydrogens (tertiary/aromatic N) is 1. The molecule has 2 aromatic rings. The Morgan fingerprint density at radius 1 is 1.17 bits per heavy atom. The first kappa shape index (κ1) is 21.5. The molecule has 0 amide bonds. The van der Waals surface area contributed by atoms with Crippen LogP contribution in [0.25, 0.3) is 0 Å². The maximum absolute atomic E-state index is 12.7. The van der Waals surface area contributed by atoms with Gasteiger partial charge in [-0.15, -0.1) is 23.2 Å². The van der Waals surface area contributed by atoms with Gasteiger partial charge >= 0.3 is 5.97 Å². The summed E-state index contributed by atoms with van der Waals surface area (Å²) in [7, 11) is 0. The molecule has 2 aromatic carbocycles. The molecular formula is C23H23Cl2NO3. The summed E-state index contributed by atoms with van der Waals surface area (Å²) in [6.45, 7) is 5.68. The van der Waals surface area contributed by atoms with Gasteiger partial charge < -0.3 is 9.47 Å². The van der Waals surface area contributed by atoms with Crippen LogP contribution in [-0.2, 0) is 9.53 Å². The van der Waals surface area contributed by atoms with Gasteiger partial charge in [0.25, 0.3) is 0 Å². The van der Waals surface area contributed by atoms with Gasteiger partial charge in [-0.05, 0) is 48.9 Å². The lowest BCUT2D eigenvalue weighted by Crippen LogP contribution is -2.15. The van der Waals surface area contributed by atoms with Crippen LogP contribution in [0, 0.1) is 28.6 Å². The van der Waals surface area contributed by atoms with E-state index in [9.17, 15) is 10.1 Å². The molecule has 1 saturated carbocycles. The van der Waals surface area contributed by atoms with E-state index < -0.39 is 16.4 Å². The number of benzene rings is 2. The van der Waals surface area contributed by atoms with Crippen molar-refractivity contribution in [3.05, 3.63) is 60.2 Å². The topological polar surface area (TPSA) is 59.3 Å². The number of para-hydroxylation sites is 1. The van der Waals surface area contributed by atoms with Gasteiger partial charge in [-0.1, -0.05) is 44.2 Å². The van der Waals surface area contributed by atoms with Gasteiger partial charge in [0, 0.05) is 5.56 Å². The van der Waals surface area contributed by atoms with Crippen molar-refractivity contribution < 1.29 is 14.3 Å². The maximum atomic E-state index is 12.7. The lowest BCUT2D eigenvalue weighted by molar-refractivity contribution is -0.149. The quantitative estimate of drug-likeness (QED) is 0.373. The van der Waals surface area contributed by atoms with Gasteiger partial charge in [-0.25, -0.2) is 0 Å². The average Bonchev–Trinajstić information content (AvgIpc) is 3.18. The molecule has 0 aromatic heterocycles. The first-order valence-corrected chi connectivity index (χ1v) is 10.2. The third-order valence-corrected chi connectivity index (χ3v) is 5.68. The summed E-state index contributed by atoms with van der Waals surface area (Å²) in [6.07, 6.45) is -0.530. The zero-order valence-corrected chi connectivity index (χ0v) is 18.1. The van der Waals surface area contributed by atoms with E-state index in [2.05, 4.69) is 6.07 Å². The fourth-order valence-corrected chi connectivity index (χ4v) is 4.04. The Morgan fingerprint density at radius 3 is 2.45 bits per heavy atom. The molecule has 0 spiro atoms. The zero-order valence-electron chi connectivity index (χ0n) is 16.6. The second kappa shape index (κ2) is 8.26. The largest absolute Gasteiger partial charge is 0.457 e. The summed E-state index contributed by atoms with van der Waals surface area (Å²) in [5, 5.41) is 9.58. The summed E-state index contributed by atoms with van der Waals surface area (Å²) in [5.41, 5.74) is 0.296. The van der Waals surface area contributed by atoms with E-state index in [1.807, 2.05) is 44.2 Å². The van der Waals surface area contributed by atoms with Crippen molar-refractivity contribution in [3.63, 3.8) is 0 Å². The third-order valence-electron chi connectivity index (χ3n) is 5.37. The predicted molar refractivity (Wildman–Crippen MR) is 113 cm³/mol. The number of esters is 1. The molecule has 152 valence electrons. The second-order valence-corrected chi connectivity index (χ2v) is 9.98. The van der Waals surface area contributed by atoms with Crippen LogP contribution in [0.3, 0.4) is 0 Å². The molecule has 0 bridgehead atoms. The molecule has 0 aliphatic heterocycles. The van der Waals surface area contributed by atoms with Gasteiger partial charge in [0.1, 0.15) is 21.9 Å². The molecule has 1 fully saturated rings. The van der Waals surface area contributed by atoms with Crippen LogP contribution in [0.1, 0.15) is 38.9 Å². The van der Waals surface area contributed by atoms with Gasteiger partial charge in [-0.2, -0.15) is 5.26 Å². The van der Waals surface area contributed by atoms with Crippen molar-refractivity contribution in [2.24, 2.45) is 17.3 Å². The molecule has 29 heavy (non-hydrogen) atoms. The summed E-state index contributed by atoms with van der Waals surface area (Å²) in [4.78, 5) is 12.7. The Hall–Kier alpha value is -2.22. The van der Waals surface area contributed by atoms with E-state index >= 15 is 0 Å². The number of hydrogen-bond acceptors (Lipinski definition) is 4. The molecule has 1 aliphatic carbocycles. The van der Waals surface area contributed by atoms with Crippen molar-refractivity contribution in [2.45, 2.75) is 37.6 Å². The van der Waals surface area contributed by atoms with Crippen molar-refractivity contribution in [3.8, 4) is 17.6 Å². The van der Waals surface area contributed by atoms with Gasteiger partial charge in [-0.3, -0.25) is 4.79 Å². The smallest absolute Gasteiger partial charge is 0.311 e. The third kappa shape index (κ3) is 5.23. The highest BCUT2D eigenvalue weighted by molar-refractivity contribution is 6.48. The molecule has 0 N–H and O–H groups in total. The van der Waals surface area contributed by atoms with E-state index in [1.165, 1.54) is 0 Å². The SMILES string of the molecule is CC(Cl)(Cl)C[C@H]1[C@@H](C(=O)OC(C#N)c2cccc(Oc3ccccc3)c2)C1(C)C. The number of halogens is 2. The van der Waals surface area contributed by atoms with Crippen LogP contribution < -0.4 is 4.74 Å². The van der Waals surface area contributed by atoms with E-state index in [1.54, 1.807) is 31.2 Å². The van der Waals surface area contributed by atoms with E-state index in [4.69, 9.17) is 32.7 Å². The van der Waals surface area contributed by atoms with E-state index in [0.717, 1.165) is 0 Å². The first-order valence-electron chi connectivity index (χ1n) is 9.42. The molecule has 0 saturated heterocycles. The number of carbonyl (C=O) groups excluding carboxylic acids is 1. The predicted octanol–water partition coefficient (Wildman–Crippen LogP) is 6.44. The van der Waals surface area contributed by atoms with Gasteiger partial charge in [0.2, 0.25) is 6.10 Å². The van der Waals surface area contributed by atoms with Crippen molar-refractivity contribution in [1.29, 1.82) is 5.26 Å². The number of hydrogen-bond donors (Lipinski definition) is 0. The van der Waals surface area contributed by atoms with E-state index in [0.29, 0.717) is 23.5 Å². The van der Waals surface area contributed by atoms with Crippen molar-refractivity contribution in [1.82, 2.24) is 0 Å². The molecule has 1 aliphatic rings. The highest BCUT2D eigenvalue weighted by Crippen LogP contribution is 2.62. The monoisotopic (exact) mass is 431 g/mol. The minimum atomic E-state index is -1.02. The van der Waals surface area contributed by atoms with Crippen molar-refractivity contribution >= 4 is 29.2 Å². The number of nitriles is 1. The molecule has 4 nitrogen and oxygen atoms in total. The van der Waals surface area contributed by atoms with Crippen LogP contribution in [0.2, 0.25) is 0 Å². The molecule has 3 rings (SSSR count). The average molecular weight is 432 g/mol. The van der Waals surface area contributed by atoms with Crippen LogP contribution in [0.15, 0.2) is 54.6 Å². The van der Waals surface area contributed by atoms with Crippen LogP contribution in [-0.4, -0.2) is 10.3 Å². The molecular weight excluding hydrogens is 409 g/mol. The Kier molecular flexibility index (Phi) is 6.12. The van der Waals surface area contributed by atoms with Gasteiger partial charge in [0.15, 0.2) is 0 Å². The van der Waals surface area contributed by atoms with Gasteiger partial charge in [0.05, 0.1) is 5.92 Å². The molecule has 0 radical (unpaired) electrons. The normalized spacial score (nSPS) is 21.0. The fourth-order valence-electron chi connectivity index (χ4n) is 3.70.